The summed E-state index contributed by atoms with van der Waals surface area (Å²) in [7, 11) is 0. The first kappa shape index (κ1) is 17.6. The summed E-state index contributed by atoms with van der Waals surface area (Å²) in [5.74, 6) is 0.173. The van der Waals surface area contributed by atoms with Gasteiger partial charge < -0.3 is 5.73 Å². The average Bonchev–Trinajstić information content (AvgIpc) is 2.20. The average molecular weight is 175 g/mol. The Morgan fingerprint density at radius 1 is 1.17 bits per heavy atom. The molecule has 0 saturated heterocycles. The van der Waals surface area contributed by atoms with Crippen LogP contribution in [0.25, 0.3) is 0 Å². The monoisotopic (exact) mass is 175 g/mol. The van der Waals surface area contributed by atoms with Gasteiger partial charge in [0.15, 0.2) is 0 Å². The van der Waals surface area contributed by atoms with E-state index >= 15 is 0 Å². The number of rotatable bonds is 4. The van der Waals surface area contributed by atoms with Crippen molar-refractivity contribution in [1.82, 2.24) is 0 Å². The largest absolute Gasteiger partial charge is 0.324 e. The lowest BCUT2D eigenvalue weighted by Gasteiger charge is -1.91. The number of unbranched alkanes of at least 4 members (excludes halogenated alkanes) is 1. The molecule has 2 heteroatoms. The molecule has 0 unspecified atom stereocenters. The second kappa shape index (κ2) is 22.4. The Balaban J connectivity index is -0.000000175. The molecule has 0 bridgehead atoms. The van der Waals surface area contributed by atoms with E-state index in [9.17, 15) is 4.79 Å². The number of hydrogen-bond acceptors (Lipinski definition) is 2. The zero-order valence-corrected chi connectivity index (χ0v) is 9.31. The summed E-state index contributed by atoms with van der Waals surface area (Å²) < 4.78 is 0. The summed E-state index contributed by atoms with van der Waals surface area (Å²) in [4.78, 5) is 10.4. The van der Waals surface area contributed by atoms with Crippen molar-refractivity contribution in [2.45, 2.75) is 53.9 Å². The quantitative estimate of drug-likeness (QED) is 0.714. The van der Waals surface area contributed by atoms with Gasteiger partial charge in [0.1, 0.15) is 5.78 Å². The molecule has 0 aromatic rings. The lowest BCUT2D eigenvalue weighted by atomic mass is 10.2. The van der Waals surface area contributed by atoms with E-state index in [0.717, 1.165) is 12.8 Å². The van der Waals surface area contributed by atoms with Gasteiger partial charge in [-0.3, -0.25) is 4.79 Å². The van der Waals surface area contributed by atoms with Gasteiger partial charge in [0, 0.05) is 6.42 Å². The van der Waals surface area contributed by atoms with Crippen molar-refractivity contribution in [1.29, 1.82) is 0 Å². The smallest absolute Gasteiger partial charge is 0.146 e. The molecule has 0 fully saturated rings. The molecule has 0 rings (SSSR count). The standard InChI is InChI=1S/C6H13NO.2C2H6/c1-2-3-4-6(8)5-7;2*1-2/h2-5,7H2,1H3;2*1-2H3. The Kier molecular flexibility index (Phi) is 33.0. The van der Waals surface area contributed by atoms with Crippen molar-refractivity contribution in [2.24, 2.45) is 5.73 Å². The van der Waals surface area contributed by atoms with E-state index in [-0.39, 0.29) is 12.3 Å². The molecule has 2 N–H and O–H groups in total. The van der Waals surface area contributed by atoms with E-state index in [1.54, 1.807) is 0 Å². The molecule has 12 heavy (non-hydrogen) atoms. The SMILES string of the molecule is CC.CC.CCCCC(=O)CN. The Labute approximate surface area is 77.5 Å². The molecule has 0 aliphatic heterocycles. The molecule has 0 heterocycles. The van der Waals surface area contributed by atoms with Gasteiger partial charge in [0.05, 0.1) is 6.54 Å². The molecule has 0 amide bonds. The Morgan fingerprint density at radius 2 is 1.58 bits per heavy atom. The lowest BCUT2D eigenvalue weighted by molar-refractivity contribution is -0.117. The van der Waals surface area contributed by atoms with Gasteiger partial charge in [0.25, 0.3) is 0 Å². The first-order valence-electron chi connectivity index (χ1n) is 5.03. The number of Topliss-reactive ketones (excluding diaryl/α,β-unsaturated/α-hetero) is 1. The summed E-state index contributed by atoms with van der Waals surface area (Å²) in [5, 5.41) is 0. The van der Waals surface area contributed by atoms with Gasteiger partial charge >= 0.3 is 0 Å². The summed E-state index contributed by atoms with van der Waals surface area (Å²) >= 11 is 0. The van der Waals surface area contributed by atoms with Gasteiger partial charge in [0.2, 0.25) is 0 Å². The van der Waals surface area contributed by atoms with Gasteiger partial charge in [-0.2, -0.15) is 0 Å². The minimum Gasteiger partial charge on any atom is -0.324 e. The van der Waals surface area contributed by atoms with Gasteiger partial charge in [-0.1, -0.05) is 41.0 Å². The van der Waals surface area contributed by atoms with E-state index in [2.05, 4.69) is 6.92 Å². The molecular weight excluding hydrogens is 150 g/mol. The molecule has 0 aromatic carbocycles. The Morgan fingerprint density at radius 3 is 1.83 bits per heavy atom. The van der Waals surface area contributed by atoms with Crippen LogP contribution in [-0.2, 0) is 4.79 Å². The predicted octanol–water partition coefficient (Wildman–Crippen LogP) is 2.76. The van der Waals surface area contributed by atoms with Crippen LogP contribution in [0.1, 0.15) is 53.9 Å². The lowest BCUT2D eigenvalue weighted by Crippen LogP contribution is -2.12. The highest BCUT2D eigenvalue weighted by Crippen LogP contribution is 1.92. The van der Waals surface area contributed by atoms with Crippen molar-refractivity contribution < 1.29 is 4.79 Å². The molecule has 0 atom stereocenters. The molecule has 0 spiro atoms. The number of nitrogens with two attached hydrogens (primary N) is 1. The maximum Gasteiger partial charge on any atom is 0.146 e. The highest BCUT2D eigenvalue weighted by atomic mass is 16.1. The van der Waals surface area contributed by atoms with E-state index < -0.39 is 0 Å². The van der Waals surface area contributed by atoms with Gasteiger partial charge in [-0.05, 0) is 6.42 Å². The third-order valence-corrected chi connectivity index (χ3v) is 1.04. The minimum atomic E-state index is 0.173. The van der Waals surface area contributed by atoms with Crippen LogP contribution in [0.5, 0.6) is 0 Å². The Hall–Kier alpha value is -0.370. The van der Waals surface area contributed by atoms with Gasteiger partial charge in [-0.25, -0.2) is 0 Å². The normalized spacial score (nSPS) is 7.17. The first-order chi connectivity index (χ1) is 5.81. The fraction of sp³-hybridized carbons (Fsp3) is 0.900. The van der Waals surface area contributed by atoms with E-state index in [1.807, 2.05) is 27.7 Å². The molecule has 76 valence electrons. The maximum absolute atomic E-state index is 10.4. The zero-order valence-electron chi connectivity index (χ0n) is 9.31. The molecule has 0 aliphatic rings. The highest BCUT2D eigenvalue weighted by Gasteiger charge is 1.93. The summed E-state index contributed by atoms with van der Waals surface area (Å²) in [6, 6.07) is 0. The fourth-order valence-corrected chi connectivity index (χ4v) is 0.476. The van der Waals surface area contributed by atoms with E-state index in [0.29, 0.717) is 6.42 Å². The maximum atomic E-state index is 10.4. The second-order valence-corrected chi connectivity index (χ2v) is 1.85. The van der Waals surface area contributed by atoms with Crippen LogP contribution in [-0.4, -0.2) is 12.3 Å². The van der Waals surface area contributed by atoms with Crippen LogP contribution in [0.4, 0.5) is 0 Å². The van der Waals surface area contributed by atoms with Crippen LogP contribution < -0.4 is 5.73 Å². The molecule has 0 aromatic heterocycles. The third-order valence-electron chi connectivity index (χ3n) is 1.04. The van der Waals surface area contributed by atoms with Crippen molar-refractivity contribution in [3.05, 3.63) is 0 Å². The number of carbonyl (C=O) groups is 1. The van der Waals surface area contributed by atoms with Crippen LogP contribution in [0.2, 0.25) is 0 Å². The Bertz CT molecular complexity index is 72.2. The summed E-state index contributed by atoms with van der Waals surface area (Å²) in [6.45, 7) is 10.3. The molecular formula is C10H25NO. The van der Waals surface area contributed by atoms with Crippen molar-refractivity contribution in [3.63, 3.8) is 0 Å². The van der Waals surface area contributed by atoms with Crippen LogP contribution in [0.3, 0.4) is 0 Å². The summed E-state index contributed by atoms with van der Waals surface area (Å²) in [6.07, 6.45) is 2.72. The van der Waals surface area contributed by atoms with Gasteiger partial charge in [-0.15, -0.1) is 0 Å². The molecule has 0 radical (unpaired) electrons. The summed E-state index contributed by atoms with van der Waals surface area (Å²) in [5.41, 5.74) is 5.06. The third kappa shape index (κ3) is 22.6. The highest BCUT2D eigenvalue weighted by molar-refractivity contribution is 5.80. The number of carbonyl (C=O) groups excluding carboxylic acids is 1. The topological polar surface area (TPSA) is 43.1 Å². The minimum absolute atomic E-state index is 0.173. The number of hydrogen-bond donors (Lipinski definition) is 1. The van der Waals surface area contributed by atoms with Crippen LogP contribution >= 0.6 is 0 Å². The van der Waals surface area contributed by atoms with Crippen LogP contribution in [0.15, 0.2) is 0 Å². The second-order valence-electron chi connectivity index (χ2n) is 1.85. The predicted molar refractivity (Wildman–Crippen MR) is 56.3 cm³/mol. The first-order valence-corrected chi connectivity index (χ1v) is 5.03. The van der Waals surface area contributed by atoms with Crippen LogP contribution in [0, 0.1) is 0 Å². The number of ketones is 1. The van der Waals surface area contributed by atoms with Crippen molar-refractivity contribution in [2.75, 3.05) is 6.54 Å². The van der Waals surface area contributed by atoms with E-state index in [1.165, 1.54) is 0 Å². The van der Waals surface area contributed by atoms with Crippen molar-refractivity contribution >= 4 is 5.78 Å². The molecule has 2 nitrogen and oxygen atoms in total. The van der Waals surface area contributed by atoms with E-state index in [4.69, 9.17) is 5.73 Å². The van der Waals surface area contributed by atoms with Crippen molar-refractivity contribution in [3.8, 4) is 0 Å². The molecule has 0 aliphatic carbocycles. The fourth-order valence-electron chi connectivity index (χ4n) is 0.476. The zero-order chi connectivity index (χ0) is 10.4. The molecule has 0 saturated carbocycles.